The van der Waals surface area contributed by atoms with Gasteiger partial charge in [0, 0.05) is 36.5 Å². The first-order valence-electron chi connectivity index (χ1n) is 7.44. The van der Waals surface area contributed by atoms with Crippen LogP contribution in [0.1, 0.15) is 24.1 Å². The van der Waals surface area contributed by atoms with Gasteiger partial charge in [-0.25, -0.2) is 9.66 Å². The molecule has 0 saturated carbocycles. The number of rotatable bonds is 4. The normalized spacial score (nSPS) is 14.7. The van der Waals surface area contributed by atoms with Crippen LogP contribution >= 0.6 is 0 Å². The zero-order chi connectivity index (χ0) is 16.4. The van der Waals surface area contributed by atoms with Crippen molar-refractivity contribution in [2.45, 2.75) is 19.8 Å². The SMILES string of the molecule is Cc1cn(N=Cc2cc([N+](=O)[O-])ccc2N2CCCC2)c(N)n1. The second-order valence-electron chi connectivity index (χ2n) is 5.52. The fourth-order valence-corrected chi connectivity index (χ4v) is 2.73. The van der Waals surface area contributed by atoms with E-state index in [-0.39, 0.29) is 11.6 Å². The van der Waals surface area contributed by atoms with Crippen molar-refractivity contribution in [2.75, 3.05) is 23.7 Å². The molecule has 2 heterocycles. The molecule has 0 aliphatic carbocycles. The monoisotopic (exact) mass is 314 g/mol. The van der Waals surface area contributed by atoms with E-state index in [4.69, 9.17) is 5.73 Å². The number of non-ortho nitro benzene ring substituents is 1. The van der Waals surface area contributed by atoms with E-state index in [1.165, 1.54) is 16.8 Å². The Hall–Kier alpha value is -2.90. The average molecular weight is 314 g/mol. The number of hydrogen-bond acceptors (Lipinski definition) is 6. The Kier molecular flexibility index (Phi) is 3.96. The van der Waals surface area contributed by atoms with Gasteiger partial charge in [0.2, 0.25) is 5.95 Å². The lowest BCUT2D eigenvalue weighted by Crippen LogP contribution is -2.19. The van der Waals surface area contributed by atoms with E-state index in [1.807, 2.05) is 6.92 Å². The summed E-state index contributed by atoms with van der Waals surface area (Å²) in [4.78, 5) is 16.9. The van der Waals surface area contributed by atoms with Crippen LogP contribution in [-0.2, 0) is 0 Å². The third kappa shape index (κ3) is 3.15. The van der Waals surface area contributed by atoms with E-state index in [0.29, 0.717) is 5.56 Å². The van der Waals surface area contributed by atoms with Crippen LogP contribution in [0.3, 0.4) is 0 Å². The summed E-state index contributed by atoms with van der Waals surface area (Å²) in [6, 6.07) is 4.85. The molecule has 1 aliphatic heterocycles. The van der Waals surface area contributed by atoms with E-state index in [2.05, 4.69) is 15.0 Å². The Balaban J connectivity index is 1.98. The van der Waals surface area contributed by atoms with Crippen LogP contribution in [0.15, 0.2) is 29.5 Å². The number of anilines is 2. The summed E-state index contributed by atoms with van der Waals surface area (Å²) in [5, 5.41) is 15.3. The molecular formula is C15H18N6O2. The number of nitro groups is 1. The molecule has 120 valence electrons. The fraction of sp³-hybridized carbons (Fsp3) is 0.333. The molecule has 1 fully saturated rings. The second kappa shape index (κ2) is 6.07. The van der Waals surface area contributed by atoms with Gasteiger partial charge in [0.25, 0.3) is 5.69 Å². The highest BCUT2D eigenvalue weighted by Crippen LogP contribution is 2.27. The van der Waals surface area contributed by atoms with E-state index in [9.17, 15) is 10.1 Å². The zero-order valence-corrected chi connectivity index (χ0v) is 12.8. The van der Waals surface area contributed by atoms with Crippen molar-refractivity contribution in [3.63, 3.8) is 0 Å². The van der Waals surface area contributed by atoms with Gasteiger partial charge in [-0.2, -0.15) is 5.10 Å². The number of nitrogens with two attached hydrogens (primary N) is 1. The van der Waals surface area contributed by atoms with Crippen molar-refractivity contribution in [2.24, 2.45) is 5.10 Å². The molecule has 1 saturated heterocycles. The van der Waals surface area contributed by atoms with Crippen molar-refractivity contribution >= 4 is 23.5 Å². The lowest BCUT2D eigenvalue weighted by Gasteiger charge is -2.19. The second-order valence-corrected chi connectivity index (χ2v) is 5.52. The van der Waals surface area contributed by atoms with Gasteiger partial charge in [-0.3, -0.25) is 10.1 Å². The minimum absolute atomic E-state index is 0.0455. The lowest BCUT2D eigenvalue weighted by molar-refractivity contribution is -0.384. The standard InChI is InChI=1S/C15H18N6O2/c1-11-10-20(15(16)18-11)17-9-12-8-13(21(22)23)4-5-14(12)19-6-2-3-7-19/h4-5,8-10H,2-3,6-7H2,1H3,(H2,16,18). The largest absolute Gasteiger partial charge is 0.371 e. The first kappa shape index (κ1) is 15.0. The predicted octanol–water partition coefficient (Wildman–Crippen LogP) is 2.16. The van der Waals surface area contributed by atoms with Gasteiger partial charge in [-0.1, -0.05) is 0 Å². The summed E-state index contributed by atoms with van der Waals surface area (Å²) in [5.41, 5.74) is 8.22. The molecule has 1 aliphatic rings. The molecule has 0 bridgehead atoms. The number of benzene rings is 1. The molecular weight excluding hydrogens is 296 g/mol. The lowest BCUT2D eigenvalue weighted by atomic mass is 10.1. The van der Waals surface area contributed by atoms with Gasteiger partial charge in [0.1, 0.15) is 0 Å². The minimum atomic E-state index is -0.402. The van der Waals surface area contributed by atoms with E-state index < -0.39 is 4.92 Å². The van der Waals surface area contributed by atoms with Crippen LogP contribution in [-0.4, -0.2) is 33.9 Å². The molecule has 3 rings (SSSR count). The summed E-state index contributed by atoms with van der Waals surface area (Å²) in [6.45, 7) is 3.72. The quantitative estimate of drug-likeness (QED) is 0.529. The topological polar surface area (TPSA) is 103 Å². The number of aromatic nitrogens is 2. The number of nitro benzene ring substituents is 1. The summed E-state index contributed by atoms with van der Waals surface area (Å²) < 4.78 is 1.46. The van der Waals surface area contributed by atoms with Crippen LogP contribution < -0.4 is 10.6 Å². The Bertz CT molecular complexity index is 761. The maximum atomic E-state index is 11.0. The molecule has 1 aromatic carbocycles. The Morgan fingerprint density at radius 1 is 1.39 bits per heavy atom. The summed E-state index contributed by atoms with van der Waals surface area (Å²) >= 11 is 0. The Morgan fingerprint density at radius 2 is 2.13 bits per heavy atom. The van der Waals surface area contributed by atoms with Crippen LogP contribution in [0.5, 0.6) is 0 Å². The molecule has 0 unspecified atom stereocenters. The number of imidazole rings is 1. The van der Waals surface area contributed by atoms with Crippen molar-refractivity contribution in [3.05, 3.63) is 45.8 Å². The average Bonchev–Trinajstić information content (AvgIpc) is 3.14. The number of aryl methyl sites for hydroxylation is 1. The first-order chi connectivity index (χ1) is 11.0. The molecule has 2 N–H and O–H groups in total. The van der Waals surface area contributed by atoms with Crippen molar-refractivity contribution < 1.29 is 4.92 Å². The predicted molar refractivity (Wildman–Crippen MR) is 88.9 cm³/mol. The molecule has 0 amide bonds. The first-order valence-corrected chi connectivity index (χ1v) is 7.44. The minimum Gasteiger partial charge on any atom is -0.371 e. The Labute approximate surface area is 133 Å². The van der Waals surface area contributed by atoms with Crippen molar-refractivity contribution in [3.8, 4) is 0 Å². The van der Waals surface area contributed by atoms with E-state index in [1.54, 1.807) is 18.5 Å². The third-order valence-corrected chi connectivity index (χ3v) is 3.82. The zero-order valence-electron chi connectivity index (χ0n) is 12.8. The highest BCUT2D eigenvalue weighted by Gasteiger charge is 2.18. The number of hydrogen-bond donors (Lipinski definition) is 1. The maximum Gasteiger partial charge on any atom is 0.270 e. The molecule has 8 heteroatoms. The van der Waals surface area contributed by atoms with Crippen molar-refractivity contribution in [1.29, 1.82) is 0 Å². The summed E-state index contributed by atoms with van der Waals surface area (Å²) in [6.07, 6.45) is 5.55. The highest BCUT2D eigenvalue weighted by molar-refractivity contribution is 5.89. The molecule has 8 nitrogen and oxygen atoms in total. The maximum absolute atomic E-state index is 11.0. The number of nitrogens with zero attached hydrogens (tertiary/aromatic N) is 5. The van der Waals surface area contributed by atoms with Crippen LogP contribution in [0.2, 0.25) is 0 Å². The van der Waals surface area contributed by atoms with E-state index >= 15 is 0 Å². The van der Waals surface area contributed by atoms with Gasteiger partial charge >= 0.3 is 0 Å². The van der Waals surface area contributed by atoms with Crippen molar-refractivity contribution in [1.82, 2.24) is 9.66 Å². The molecule has 1 aromatic heterocycles. The smallest absolute Gasteiger partial charge is 0.270 e. The summed E-state index contributed by atoms with van der Waals surface area (Å²) in [7, 11) is 0. The van der Waals surface area contributed by atoms with Crippen LogP contribution in [0.25, 0.3) is 0 Å². The molecule has 0 spiro atoms. The fourth-order valence-electron chi connectivity index (χ4n) is 2.73. The van der Waals surface area contributed by atoms with Crippen LogP contribution in [0, 0.1) is 17.0 Å². The molecule has 2 aromatic rings. The molecule has 23 heavy (non-hydrogen) atoms. The highest BCUT2D eigenvalue weighted by atomic mass is 16.6. The van der Waals surface area contributed by atoms with Gasteiger partial charge in [0.15, 0.2) is 0 Å². The van der Waals surface area contributed by atoms with Crippen LogP contribution in [0.4, 0.5) is 17.3 Å². The summed E-state index contributed by atoms with van der Waals surface area (Å²) in [5.74, 6) is 0.284. The van der Waals surface area contributed by atoms with Gasteiger partial charge < -0.3 is 10.6 Å². The van der Waals surface area contributed by atoms with Gasteiger partial charge in [0.05, 0.1) is 23.0 Å². The van der Waals surface area contributed by atoms with Gasteiger partial charge in [-0.15, -0.1) is 0 Å². The third-order valence-electron chi connectivity index (χ3n) is 3.82. The van der Waals surface area contributed by atoms with E-state index in [0.717, 1.165) is 37.3 Å². The molecule has 0 atom stereocenters. The molecule has 0 radical (unpaired) electrons. The number of nitrogen functional groups attached to an aromatic ring is 1. The Morgan fingerprint density at radius 3 is 2.74 bits per heavy atom. The van der Waals surface area contributed by atoms with Gasteiger partial charge in [-0.05, 0) is 25.8 Å².